The molecule has 1 N–H and O–H groups in total. The fourth-order valence-electron chi connectivity index (χ4n) is 2.68. The van der Waals surface area contributed by atoms with Crippen molar-refractivity contribution in [3.63, 3.8) is 0 Å². The Morgan fingerprint density at radius 1 is 1.04 bits per heavy atom. The van der Waals surface area contributed by atoms with E-state index in [1.54, 1.807) is 41.5 Å². The topological polar surface area (TPSA) is 94.2 Å². The fourth-order valence-corrected chi connectivity index (χ4v) is 2.68. The molecule has 0 bridgehead atoms. The predicted octanol–water partition coefficient (Wildman–Crippen LogP) is 2.56. The van der Waals surface area contributed by atoms with E-state index in [1.165, 1.54) is 12.0 Å². The maximum atomic E-state index is 12.3. The maximum absolute atomic E-state index is 12.3. The summed E-state index contributed by atoms with van der Waals surface area (Å²) in [5.74, 6) is -1.08. The van der Waals surface area contributed by atoms with Gasteiger partial charge in [0.2, 0.25) is 0 Å². The molecule has 0 aromatic heterocycles. The second-order valence-corrected chi connectivity index (χ2v) is 8.49. The van der Waals surface area contributed by atoms with Crippen LogP contribution in [0.2, 0.25) is 0 Å². The Kier molecular flexibility index (Phi) is 7.29. The van der Waals surface area contributed by atoms with Crippen LogP contribution >= 0.6 is 0 Å². The van der Waals surface area contributed by atoms with Gasteiger partial charge in [0.05, 0.1) is 13.0 Å². The number of esters is 1. The van der Waals surface area contributed by atoms with E-state index in [4.69, 9.17) is 14.2 Å². The van der Waals surface area contributed by atoms with Crippen molar-refractivity contribution in [3.8, 4) is 0 Å². The molecule has 0 aromatic rings. The summed E-state index contributed by atoms with van der Waals surface area (Å²) in [4.78, 5) is 37.8. The summed E-state index contributed by atoms with van der Waals surface area (Å²) in [6.45, 7) is 11.6. The molecule has 150 valence electrons. The van der Waals surface area contributed by atoms with Crippen molar-refractivity contribution in [3.05, 3.63) is 0 Å². The van der Waals surface area contributed by atoms with Gasteiger partial charge < -0.3 is 24.4 Å². The smallest absolute Gasteiger partial charge is 0.410 e. The molecule has 1 aliphatic heterocycles. The molecular formula is C18H32N2O6. The minimum atomic E-state index is -0.604. The SMILES string of the molecule is COC(=O)C1CN(C(=O)OC(C)(C)C)CCC1CNC(=O)OC(C)(C)C. The first-order valence-corrected chi connectivity index (χ1v) is 8.85. The van der Waals surface area contributed by atoms with E-state index >= 15 is 0 Å². The minimum Gasteiger partial charge on any atom is -0.469 e. The molecular weight excluding hydrogens is 340 g/mol. The van der Waals surface area contributed by atoms with Crippen LogP contribution in [0.1, 0.15) is 48.0 Å². The Bertz CT molecular complexity index is 521. The molecule has 1 fully saturated rings. The highest BCUT2D eigenvalue weighted by Crippen LogP contribution is 2.26. The number of hydrogen-bond donors (Lipinski definition) is 1. The second-order valence-electron chi connectivity index (χ2n) is 8.49. The maximum Gasteiger partial charge on any atom is 0.410 e. The van der Waals surface area contributed by atoms with Crippen molar-refractivity contribution >= 4 is 18.2 Å². The van der Waals surface area contributed by atoms with Gasteiger partial charge in [-0.3, -0.25) is 4.79 Å². The van der Waals surface area contributed by atoms with E-state index < -0.39 is 35.3 Å². The summed E-state index contributed by atoms with van der Waals surface area (Å²) in [7, 11) is 1.31. The Balaban J connectivity index is 2.69. The molecule has 2 amide bonds. The molecule has 26 heavy (non-hydrogen) atoms. The summed E-state index contributed by atoms with van der Waals surface area (Å²) in [5, 5.41) is 2.70. The Labute approximate surface area is 155 Å². The van der Waals surface area contributed by atoms with Crippen molar-refractivity contribution in [2.75, 3.05) is 26.7 Å². The van der Waals surface area contributed by atoms with Gasteiger partial charge in [0.25, 0.3) is 0 Å². The Morgan fingerprint density at radius 2 is 1.62 bits per heavy atom. The number of nitrogens with one attached hydrogen (secondary N) is 1. The van der Waals surface area contributed by atoms with E-state index in [1.807, 2.05) is 0 Å². The molecule has 0 aliphatic carbocycles. The molecule has 1 rings (SSSR count). The number of nitrogens with zero attached hydrogens (tertiary/aromatic N) is 1. The first kappa shape index (κ1) is 22.1. The summed E-state index contributed by atoms with van der Waals surface area (Å²) >= 11 is 0. The van der Waals surface area contributed by atoms with Gasteiger partial charge in [0.15, 0.2) is 0 Å². The number of amides is 2. The van der Waals surface area contributed by atoms with Crippen molar-refractivity contribution < 1.29 is 28.6 Å². The van der Waals surface area contributed by atoms with E-state index in [0.29, 0.717) is 13.0 Å². The zero-order valence-electron chi connectivity index (χ0n) is 16.9. The van der Waals surface area contributed by atoms with Gasteiger partial charge in [-0.05, 0) is 53.9 Å². The van der Waals surface area contributed by atoms with Gasteiger partial charge in [-0.25, -0.2) is 9.59 Å². The zero-order chi connectivity index (χ0) is 20.1. The molecule has 0 saturated carbocycles. The quantitative estimate of drug-likeness (QED) is 0.604. The van der Waals surface area contributed by atoms with Crippen molar-refractivity contribution in [1.82, 2.24) is 10.2 Å². The number of rotatable bonds is 3. The van der Waals surface area contributed by atoms with Crippen molar-refractivity contribution in [2.24, 2.45) is 11.8 Å². The van der Waals surface area contributed by atoms with Crippen molar-refractivity contribution in [2.45, 2.75) is 59.2 Å². The lowest BCUT2D eigenvalue weighted by Gasteiger charge is -2.37. The van der Waals surface area contributed by atoms with E-state index in [2.05, 4.69) is 5.32 Å². The number of piperidine rings is 1. The van der Waals surface area contributed by atoms with E-state index in [9.17, 15) is 14.4 Å². The molecule has 1 saturated heterocycles. The molecule has 0 aromatic carbocycles. The van der Waals surface area contributed by atoms with E-state index in [-0.39, 0.29) is 19.0 Å². The normalized spacial score (nSPS) is 21.0. The lowest BCUT2D eigenvalue weighted by molar-refractivity contribution is -0.149. The number of ether oxygens (including phenoxy) is 3. The highest BCUT2D eigenvalue weighted by Gasteiger charge is 2.38. The monoisotopic (exact) mass is 372 g/mol. The van der Waals surface area contributed by atoms with Crippen LogP contribution in [0.4, 0.5) is 9.59 Å². The number of hydrogen-bond acceptors (Lipinski definition) is 6. The van der Waals surface area contributed by atoms with Crippen LogP contribution in [0.25, 0.3) is 0 Å². The Hall–Kier alpha value is -1.99. The van der Waals surface area contributed by atoms with Gasteiger partial charge in [0, 0.05) is 19.6 Å². The number of methoxy groups -OCH3 is 1. The highest BCUT2D eigenvalue weighted by molar-refractivity contribution is 5.75. The lowest BCUT2D eigenvalue weighted by atomic mass is 9.85. The number of likely N-dealkylation sites (tertiary alicyclic amines) is 1. The molecule has 1 heterocycles. The summed E-state index contributed by atoms with van der Waals surface area (Å²) < 4.78 is 15.5. The van der Waals surface area contributed by atoms with Gasteiger partial charge in [-0.15, -0.1) is 0 Å². The van der Waals surface area contributed by atoms with Crippen LogP contribution in [0, 0.1) is 11.8 Å². The standard InChI is InChI=1S/C18H32N2O6/c1-17(2,3)25-15(22)19-10-12-8-9-20(11-13(12)14(21)24-7)16(23)26-18(4,5)6/h12-13H,8-11H2,1-7H3,(H,19,22). The molecule has 8 heteroatoms. The fraction of sp³-hybridized carbons (Fsp3) is 0.833. The summed E-state index contributed by atoms with van der Waals surface area (Å²) in [5.41, 5.74) is -1.20. The van der Waals surface area contributed by atoms with Crippen molar-refractivity contribution in [1.29, 1.82) is 0 Å². The predicted molar refractivity (Wildman–Crippen MR) is 95.7 cm³/mol. The van der Waals surface area contributed by atoms with Gasteiger partial charge in [0.1, 0.15) is 11.2 Å². The molecule has 1 aliphatic rings. The van der Waals surface area contributed by atoms with Gasteiger partial charge in [-0.1, -0.05) is 0 Å². The summed E-state index contributed by atoms with van der Waals surface area (Å²) in [6, 6.07) is 0. The third-order valence-electron chi connectivity index (χ3n) is 3.82. The minimum absolute atomic E-state index is 0.145. The first-order valence-electron chi connectivity index (χ1n) is 8.85. The Morgan fingerprint density at radius 3 is 2.12 bits per heavy atom. The number of carbonyl (C=O) groups excluding carboxylic acids is 3. The third-order valence-corrected chi connectivity index (χ3v) is 3.82. The van der Waals surface area contributed by atoms with E-state index in [0.717, 1.165) is 0 Å². The van der Waals surface area contributed by atoms with Gasteiger partial charge in [-0.2, -0.15) is 0 Å². The number of alkyl carbamates (subject to hydrolysis) is 1. The van der Waals surface area contributed by atoms with Crippen LogP contribution < -0.4 is 5.32 Å². The van der Waals surface area contributed by atoms with Crippen LogP contribution in [-0.4, -0.2) is 61.0 Å². The summed E-state index contributed by atoms with van der Waals surface area (Å²) in [6.07, 6.45) is -0.435. The van der Waals surface area contributed by atoms with Gasteiger partial charge >= 0.3 is 18.2 Å². The molecule has 2 unspecified atom stereocenters. The highest BCUT2D eigenvalue weighted by atomic mass is 16.6. The van der Waals surface area contributed by atoms with Crippen LogP contribution in [0.3, 0.4) is 0 Å². The molecule has 2 atom stereocenters. The van der Waals surface area contributed by atoms with Crippen LogP contribution in [0.15, 0.2) is 0 Å². The van der Waals surface area contributed by atoms with Crippen LogP contribution in [0.5, 0.6) is 0 Å². The van der Waals surface area contributed by atoms with Crippen LogP contribution in [-0.2, 0) is 19.0 Å². The first-order chi connectivity index (χ1) is 11.8. The largest absolute Gasteiger partial charge is 0.469 e. The molecule has 0 radical (unpaired) electrons. The second kappa shape index (κ2) is 8.60. The average Bonchev–Trinajstić information content (AvgIpc) is 2.48. The molecule has 8 nitrogen and oxygen atoms in total. The third kappa shape index (κ3) is 7.49. The molecule has 0 spiro atoms. The number of carbonyl (C=O) groups is 3. The lowest BCUT2D eigenvalue weighted by Crippen LogP contribution is -2.51. The zero-order valence-corrected chi connectivity index (χ0v) is 16.9. The average molecular weight is 372 g/mol.